The Bertz CT molecular complexity index is 1000. The highest BCUT2D eigenvalue weighted by Crippen LogP contribution is 2.15. The van der Waals surface area contributed by atoms with Crippen LogP contribution in [0.2, 0.25) is 0 Å². The summed E-state index contributed by atoms with van der Waals surface area (Å²) in [4.78, 5) is 28.7. The van der Waals surface area contributed by atoms with Crippen LogP contribution >= 0.6 is 15.9 Å². The van der Waals surface area contributed by atoms with Gasteiger partial charge in [0.2, 0.25) is 5.91 Å². The molecular weight excluding hydrogens is 377 g/mol. The summed E-state index contributed by atoms with van der Waals surface area (Å²) in [5.41, 5.74) is 1.08. The molecule has 0 unspecified atom stereocenters. The number of aromatic nitrogens is 2. The molecule has 0 spiro atoms. The summed E-state index contributed by atoms with van der Waals surface area (Å²) in [5.74, 6) is -0.835. The fraction of sp³-hybridized carbons (Fsp3) is 0.118. The molecule has 0 atom stereocenters. The number of halogens is 2. The van der Waals surface area contributed by atoms with E-state index in [1.807, 2.05) is 0 Å². The number of hydrogen-bond acceptors (Lipinski definition) is 3. The number of amides is 1. The predicted molar refractivity (Wildman–Crippen MR) is 93.5 cm³/mol. The molecule has 3 rings (SSSR count). The molecule has 2 aromatic carbocycles. The Morgan fingerprint density at radius 1 is 1.29 bits per heavy atom. The Kier molecular flexibility index (Phi) is 4.44. The van der Waals surface area contributed by atoms with Crippen molar-refractivity contribution >= 4 is 38.4 Å². The SMILES string of the molecule is Cc1ccc(NC(=O)Cn2cnc3ccc(Br)cc3c2=O)cc1F. The van der Waals surface area contributed by atoms with Gasteiger partial charge in [-0.3, -0.25) is 14.2 Å². The third kappa shape index (κ3) is 3.35. The maximum absolute atomic E-state index is 13.5. The van der Waals surface area contributed by atoms with Gasteiger partial charge in [0.1, 0.15) is 12.4 Å². The van der Waals surface area contributed by atoms with E-state index in [0.717, 1.165) is 4.47 Å². The number of carbonyl (C=O) groups is 1. The smallest absolute Gasteiger partial charge is 0.261 e. The molecule has 1 amide bonds. The highest BCUT2D eigenvalue weighted by molar-refractivity contribution is 9.10. The number of fused-ring (bicyclic) bond motifs is 1. The summed E-state index contributed by atoms with van der Waals surface area (Å²) >= 11 is 3.31. The van der Waals surface area contributed by atoms with Crippen molar-refractivity contribution in [1.29, 1.82) is 0 Å². The fourth-order valence-corrected chi connectivity index (χ4v) is 2.63. The number of carbonyl (C=O) groups excluding carboxylic acids is 1. The van der Waals surface area contributed by atoms with Crippen LogP contribution in [0.1, 0.15) is 5.56 Å². The summed E-state index contributed by atoms with van der Waals surface area (Å²) in [5, 5.41) is 2.99. The van der Waals surface area contributed by atoms with E-state index in [9.17, 15) is 14.0 Å². The number of nitrogens with zero attached hydrogens (tertiary/aromatic N) is 2. The second kappa shape index (κ2) is 6.52. The van der Waals surface area contributed by atoms with Crippen LogP contribution in [0.5, 0.6) is 0 Å². The monoisotopic (exact) mass is 389 g/mol. The van der Waals surface area contributed by atoms with Crippen LogP contribution in [0, 0.1) is 12.7 Å². The molecule has 1 N–H and O–H groups in total. The van der Waals surface area contributed by atoms with E-state index in [0.29, 0.717) is 22.2 Å². The van der Waals surface area contributed by atoms with Gasteiger partial charge in [-0.1, -0.05) is 22.0 Å². The number of hydrogen-bond donors (Lipinski definition) is 1. The third-order valence-electron chi connectivity index (χ3n) is 3.56. The summed E-state index contributed by atoms with van der Waals surface area (Å²) < 4.78 is 15.5. The average Bonchev–Trinajstić information content (AvgIpc) is 2.54. The third-order valence-corrected chi connectivity index (χ3v) is 4.05. The van der Waals surface area contributed by atoms with Gasteiger partial charge in [-0.15, -0.1) is 0 Å². The van der Waals surface area contributed by atoms with E-state index >= 15 is 0 Å². The number of rotatable bonds is 3. The van der Waals surface area contributed by atoms with Crippen molar-refractivity contribution in [3.05, 3.63) is 68.9 Å². The van der Waals surface area contributed by atoms with Crippen molar-refractivity contribution < 1.29 is 9.18 Å². The van der Waals surface area contributed by atoms with Crippen LogP contribution in [0.15, 0.2) is 52.0 Å². The highest BCUT2D eigenvalue weighted by atomic mass is 79.9. The molecule has 5 nitrogen and oxygen atoms in total. The molecule has 1 aromatic heterocycles. The minimum absolute atomic E-state index is 0.205. The number of anilines is 1. The number of nitrogens with one attached hydrogen (secondary N) is 1. The maximum atomic E-state index is 13.5. The molecule has 0 aliphatic rings. The number of aryl methyl sites for hydroxylation is 1. The molecule has 0 bridgehead atoms. The van der Waals surface area contributed by atoms with E-state index < -0.39 is 11.7 Å². The molecule has 1 heterocycles. The van der Waals surface area contributed by atoms with Crippen molar-refractivity contribution in [2.75, 3.05) is 5.32 Å². The molecule has 7 heteroatoms. The summed E-state index contributed by atoms with van der Waals surface area (Å²) in [6.07, 6.45) is 1.33. The van der Waals surface area contributed by atoms with E-state index in [1.165, 1.54) is 17.0 Å². The van der Waals surface area contributed by atoms with Crippen LogP contribution in [0.3, 0.4) is 0 Å². The molecule has 24 heavy (non-hydrogen) atoms. The summed E-state index contributed by atoms with van der Waals surface area (Å²) in [6.45, 7) is 1.43. The zero-order chi connectivity index (χ0) is 17.3. The average molecular weight is 390 g/mol. The predicted octanol–water partition coefficient (Wildman–Crippen LogP) is 3.25. The van der Waals surface area contributed by atoms with Crippen molar-refractivity contribution in [2.24, 2.45) is 0 Å². The van der Waals surface area contributed by atoms with E-state index in [4.69, 9.17) is 0 Å². The lowest BCUT2D eigenvalue weighted by atomic mass is 10.2. The van der Waals surface area contributed by atoms with Gasteiger partial charge in [0.25, 0.3) is 5.56 Å². The summed E-state index contributed by atoms with van der Waals surface area (Å²) in [7, 11) is 0. The molecule has 0 fully saturated rings. The molecule has 0 aliphatic heterocycles. The summed E-state index contributed by atoms with van der Waals surface area (Å²) in [6, 6.07) is 9.60. The Labute approximate surface area is 145 Å². The van der Waals surface area contributed by atoms with Gasteiger partial charge in [-0.25, -0.2) is 9.37 Å². The standard InChI is InChI=1S/C17H13BrFN3O2/c1-10-2-4-12(7-14(10)19)21-16(23)8-22-9-20-15-5-3-11(18)6-13(15)17(22)24/h2-7,9H,8H2,1H3,(H,21,23). The maximum Gasteiger partial charge on any atom is 0.261 e. The van der Waals surface area contributed by atoms with Crippen LogP contribution in [0.25, 0.3) is 10.9 Å². The lowest BCUT2D eigenvalue weighted by Gasteiger charge is -2.09. The van der Waals surface area contributed by atoms with Crippen LogP contribution < -0.4 is 10.9 Å². The number of benzene rings is 2. The van der Waals surface area contributed by atoms with Crippen LogP contribution in [-0.4, -0.2) is 15.5 Å². The van der Waals surface area contributed by atoms with Crippen LogP contribution in [0.4, 0.5) is 10.1 Å². The first-order chi connectivity index (χ1) is 11.4. The lowest BCUT2D eigenvalue weighted by molar-refractivity contribution is -0.116. The topological polar surface area (TPSA) is 64.0 Å². The van der Waals surface area contributed by atoms with Gasteiger partial charge in [-0.05, 0) is 42.8 Å². The minimum Gasteiger partial charge on any atom is -0.324 e. The Morgan fingerprint density at radius 3 is 2.83 bits per heavy atom. The van der Waals surface area contributed by atoms with E-state index in [2.05, 4.69) is 26.2 Å². The van der Waals surface area contributed by atoms with Gasteiger partial charge in [0, 0.05) is 10.2 Å². The molecule has 0 radical (unpaired) electrons. The largest absolute Gasteiger partial charge is 0.324 e. The van der Waals surface area contributed by atoms with Gasteiger partial charge < -0.3 is 5.32 Å². The first kappa shape index (κ1) is 16.3. The Hall–Kier alpha value is -2.54. The Balaban J connectivity index is 1.84. The van der Waals surface area contributed by atoms with Gasteiger partial charge in [-0.2, -0.15) is 0 Å². The quantitative estimate of drug-likeness (QED) is 0.747. The zero-order valence-corrected chi connectivity index (χ0v) is 14.3. The second-order valence-corrected chi connectivity index (χ2v) is 6.27. The first-order valence-electron chi connectivity index (χ1n) is 7.15. The molecule has 0 aliphatic carbocycles. The van der Waals surface area contributed by atoms with E-state index in [-0.39, 0.29) is 12.1 Å². The normalized spacial score (nSPS) is 10.8. The van der Waals surface area contributed by atoms with E-state index in [1.54, 1.807) is 37.3 Å². The van der Waals surface area contributed by atoms with Gasteiger partial charge >= 0.3 is 0 Å². The van der Waals surface area contributed by atoms with Crippen molar-refractivity contribution in [1.82, 2.24) is 9.55 Å². The Morgan fingerprint density at radius 2 is 2.08 bits per heavy atom. The zero-order valence-electron chi connectivity index (χ0n) is 12.7. The second-order valence-electron chi connectivity index (χ2n) is 5.35. The molecule has 122 valence electrons. The van der Waals surface area contributed by atoms with Crippen molar-refractivity contribution in [2.45, 2.75) is 13.5 Å². The first-order valence-corrected chi connectivity index (χ1v) is 7.94. The molecule has 0 saturated carbocycles. The minimum atomic E-state index is -0.434. The fourth-order valence-electron chi connectivity index (χ4n) is 2.27. The van der Waals surface area contributed by atoms with Gasteiger partial charge in [0.15, 0.2) is 0 Å². The lowest BCUT2D eigenvalue weighted by Crippen LogP contribution is -2.28. The van der Waals surface area contributed by atoms with Crippen LogP contribution in [-0.2, 0) is 11.3 Å². The van der Waals surface area contributed by atoms with Crippen molar-refractivity contribution in [3.63, 3.8) is 0 Å². The van der Waals surface area contributed by atoms with Gasteiger partial charge in [0.05, 0.1) is 17.2 Å². The molecule has 3 aromatic rings. The molecule has 0 saturated heterocycles. The highest BCUT2D eigenvalue weighted by Gasteiger charge is 2.09. The van der Waals surface area contributed by atoms with Crippen molar-refractivity contribution in [3.8, 4) is 0 Å². The molecular formula is C17H13BrFN3O2.